The molecule has 4 nitrogen and oxygen atoms in total. The largest absolute Gasteiger partial charge is 0.348 e. The fourth-order valence-electron chi connectivity index (χ4n) is 2.92. The maximum Gasteiger partial charge on any atom is 0.243 e. The Kier molecular flexibility index (Phi) is 6.10. The predicted molar refractivity (Wildman–Crippen MR) is 94.4 cm³/mol. The highest BCUT2D eigenvalue weighted by Crippen LogP contribution is 2.25. The van der Waals surface area contributed by atoms with Crippen molar-refractivity contribution in [3.05, 3.63) is 29.8 Å². The van der Waals surface area contributed by atoms with Crippen molar-refractivity contribution < 1.29 is 9.59 Å². The van der Waals surface area contributed by atoms with Crippen LogP contribution in [0.5, 0.6) is 0 Å². The molecule has 2 atom stereocenters. The topological polar surface area (TPSA) is 49.4 Å². The van der Waals surface area contributed by atoms with Gasteiger partial charge in [-0.25, -0.2) is 0 Å². The molecule has 1 heterocycles. The summed E-state index contributed by atoms with van der Waals surface area (Å²) < 4.78 is 0. The van der Waals surface area contributed by atoms with Crippen LogP contribution in [0.3, 0.4) is 0 Å². The molecule has 2 rings (SSSR count). The van der Waals surface area contributed by atoms with E-state index in [1.165, 1.54) is 11.8 Å². The molecule has 1 aromatic rings. The molecule has 0 bridgehead atoms. The van der Waals surface area contributed by atoms with Crippen LogP contribution in [0.25, 0.3) is 0 Å². The lowest BCUT2D eigenvalue weighted by atomic mass is 10.1. The number of thioether (sulfide) groups is 1. The third kappa shape index (κ3) is 4.74. The van der Waals surface area contributed by atoms with Crippen molar-refractivity contribution in [1.82, 2.24) is 10.2 Å². The minimum atomic E-state index is -0.314. The molecule has 0 saturated carbocycles. The van der Waals surface area contributed by atoms with Crippen LogP contribution in [0, 0.1) is 0 Å². The number of amides is 2. The van der Waals surface area contributed by atoms with E-state index in [1.807, 2.05) is 18.7 Å². The van der Waals surface area contributed by atoms with Gasteiger partial charge in [0.05, 0.1) is 6.04 Å². The van der Waals surface area contributed by atoms with Gasteiger partial charge in [0.25, 0.3) is 0 Å². The van der Waals surface area contributed by atoms with Crippen molar-refractivity contribution in [3.63, 3.8) is 0 Å². The van der Waals surface area contributed by atoms with E-state index in [2.05, 4.69) is 43.4 Å². The lowest BCUT2D eigenvalue weighted by Gasteiger charge is -2.24. The Bertz CT molecular complexity index is 557. The Morgan fingerprint density at radius 2 is 1.87 bits per heavy atom. The number of carbonyl (C=O) groups is 2. The first-order valence-electron chi connectivity index (χ1n) is 8.22. The summed E-state index contributed by atoms with van der Waals surface area (Å²) in [6, 6.07) is 7.95. The average molecular weight is 334 g/mol. The first-order valence-corrected chi connectivity index (χ1v) is 9.10. The molecule has 1 N–H and O–H groups in total. The fraction of sp³-hybridized carbons (Fsp3) is 0.556. The summed E-state index contributed by atoms with van der Waals surface area (Å²) in [6.07, 6.45) is 1.65. The van der Waals surface area contributed by atoms with Gasteiger partial charge in [0.1, 0.15) is 6.04 Å². The lowest BCUT2D eigenvalue weighted by Crippen LogP contribution is -2.45. The zero-order valence-corrected chi connectivity index (χ0v) is 15.2. The second kappa shape index (κ2) is 7.86. The van der Waals surface area contributed by atoms with Gasteiger partial charge in [0.2, 0.25) is 11.8 Å². The van der Waals surface area contributed by atoms with Crippen LogP contribution in [0.15, 0.2) is 29.2 Å². The van der Waals surface area contributed by atoms with Crippen LogP contribution in [0.2, 0.25) is 0 Å². The molecule has 0 aliphatic carbocycles. The van der Waals surface area contributed by atoms with Gasteiger partial charge in [-0.2, -0.15) is 0 Å². The first-order chi connectivity index (χ1) is 10.9. The molecule has 1 saturated heterocycles. The van der Waals surface area contributed by atoms with Crippen LogP contribution in [-0.2, 0) is 9.59 Å². The zero-order valence-electron chi connectivity index (χ0n) is 14.3. The Labute approximate surface area is 143 Å². The molecular formula is C18H26N2O2S. The summed E-state index contributed by atoms with van der Waals surface area (Å²) in [5, 5.41) is 3.60. The van der Waals surface area contributed by atoms with Gasteiger partial charge in [-0.1, -0.05) is 26.0 Å². The van der Waals surface area contributed by atoms with Crippen molar-refractivity contribution in [2.45, 2.75) is 62.8 Å². The van der Waals surface area contributed by atoms with E-state index in [1.54, 1.807) is 4.90 Å². The SMILES string of the molecule is CC(=O)N1CCC[C@H]1C(=O)N[C@@H](C)c1ccc(SC(C)C)cc1. The highest BCUT2D eigenvalue weighted by Gasteiger charge is 2.32. The summed E-state index contributed by atoms with van der Waals surface area (Å²) >= 11 is 1.83. The maximum absolute atomic E-state index is 12.4. The lowest BCUT2D eigenvalue weighted by molar-refractivity contribution is -0.137. The van der Waals surface area contributed by atoms with Crippen molar-refractivity contribution in [3.8, 4) is 0 Å². The molecular weight excluding hydrogens is 308 g/mol. The summed E-state index contributed by atoms with van der Waals surface area (Å²) in [5.41, 5.74) is 1.08. The molecule has 5 heteroatoms. The first kappa shape index (κ1) is 17.9. The summed E-state index contributed by atoms with van der Waals surface area (Å²) in [5.74, 6) is -0.0730. The van der Waals surface area contributed by atoms with E-state index in [4.69, 9.17) is 0 Å². The van der Waals surface area contributed by atoms with Gasteiger partial charge < -0.3 is 10.2 Å². The average Bonchev–Trinajstić information content (AvgIpc) is 2.97. The van der Waals surface area contributed by atoms with Gasteiger partial charge >= 0.3 is 0 Å². The quantitative estimate of drug-likeness (QED) is 0.840. The monoisotopic (exact) mass is 334 g/mol. The number of carbonyl (C=O) groups excluding carboxylic acids is 2. The van der Waals surface area contributed by atoms with Gasteiger partial charge in [-0.05, 0) is 37.5 Å². The molecule has 1 aliphatic heterocycles. The fourth-order valence-corrected chi connectivity index (χ4v) is 3.75. The summed E-state index contributed by atoms with van der Waals surface area (Å²) in [4.78, 5) is 26.9. The van der Waals surface area contributed by atoms with Crippen LogP contribution in [-0.4, -0.2) is 34.6 Å². The number of rotatable bonds is 5. The van der Waals surface area contributed by atoms with Gasteiger partial charge in [-0.3, -0.25) is 9.59 Å². The third-order valence-electron chi connectivity index (χ3n) is 4.07. The highest BCUT2D eigenvalue weighted by molar-refractivity contribution is 7.99. The van der Waals surface area contributed by atoms with E-state index in [-0.39, 0.29) is 23.9 Å². The van der Waals surface area contributed by atoms with Gasteiger partial charge in [-0.15, -0.1) is 11.8 Å². The predicted octanol–water partition coefficient (Wildman–Crippen LogP) is 3.38. The molecule has 0 aromatic heterocycles. The number of hydrogen-bond acceptors (Lipinski definition) is 3. The molecule has 1 fully saturated rings. The maximum atomic E-state index is 12.4. The van der Waals surface area contributed by atoms with Crippen molar-refractivity contribution in [2.75, 3.05) is 6.54 Å². The normalized spacial score (nSPS) is 19.0. The Hall–Kier alpha value is -1.49. The Morgan fingerprint density at radius 1 is 1.22 bits per heavy atom. The van der Waals surface area contributed by atoms with E-state index < -0.39 is 0 Å². The molecule has 1 aliphatic rings. The third-order valence-corrected chi connectivity index (χ3v) is 5.09. The minimum absolute atomic E-state index is 0.0228. The number of nitrogens with one attached hydrogen (secondary N) is 1. The van der Waals surface area contributed by atoms with E-state index in [9.17, 15) is 9.59 Å². The number of hydrogen-bond donors (Lipinski definition) is 1. The van der Waals surface area contributed by atoms with Crippen LogP contribution < -0.4 is 5.32 Å². The number of likely N-dealkylation sites (tertiary alicyclic amines) is 1. The van der Waals surface area contributed by atoms with Gasteiger partial charge in [0.15, 0.2) is 0 Å². The number of benzene rings is 1. The van der Waals surface area contributed by atoms with Crippen molar-refractivity contribution in [1.29, 1.82) is 0 Å². The van der Waals surface area contributed by atoms with Crippen molar-refractivity contribution in [2.24, 2.45) is 0 Å². The van der Waals surface area contributed by atoms with Crippen LogP contribution >= 0.6 is 11.8 Å². The minimum Gasteiger partial charge on any atom is -0.348 e. The molecule has 0 spiro atoms. The highest BCUT2D eigenvalue weighted by atomic mass is 32.2. The van der Waals surface area contributed by atoms with Crippen molar-refractivity contribution >= 4 is 23.6 Å². The second-order valence-electron chi connectivity index (χ2n) is 6.34. The molecule has 0 radical (unpaired) electrons. The smallest absolute Gasteiger partial charge is 0.243 e. The Morgan fingerprint density at radius 3 is 2.43 bits per heavy atom. The van der Waals surface area contributed by atoms with Gasteiger partial charge in [0, 0.05) is 23.6 Å². The van der Waals surface area contributed by atoms with E-state index in [0.717, 1.165) is 18.4 Å². The molecule has 1 aromatic carbocycles. The summed E-state index contributed by atoms with van der Waals surface area (Å²) in [7, 11) is 0. The Balaban J connectivity index is 1.96. The molecule has 2 amide bonds. The standard InChI is InChI=1S/C18H26N2O2S/c1-12(2)23-16-9-7-15(8-10-16)13(3)19-18(22)17-6-5-11-20(17)14(4)21/h7-10,12-13,17H,5-6,11H2,1-4H3,(H,19,22)/t13-,17-/m0/s1. The number of nitrogens with zero attached hydrogens (tertiary/aromatic N) is 1. The molecule has 23 heavy (non-hydrogen) atoms. The van der Waals surface area contributed by atoms with Crippen LogP contribution in [0.1, 0.15) is 52.1 Å². The van der Waals surface area contributed by atoms with E-state index in [0.29, 0.717) is 11.8 Å². The van der Waals surface area contributed by atoms with E-state index >= 15 is 0 Å². The molecule has 126 valence electrons. The summed E-state index contributed by atoms with van der Waals surface area (Å²) in [6.45, 7) is 8.53. The zero-order chi connectivity index (χ0) is 17.0. The molecule has 0 unspecified atom stereocenters. The van der Waals surface area contributed by atoms with Crippen LogP contribution in [0.4, 0.5) is 0 Å². The second-order valence-corrected chi connectivity index (χ2v) is 7.99.